The molecule has 0 saturated carbocycles. The number of benzene rings is 2. The molecule has 1 N–H and O–H groups in total. The molecule has 0 aliphatic heterocycles. The third kappa shape index (κ3) is 5.06. The van der Waals surface area contributed by atoms with Crippen LogP contribution in [0.15, 0.2) is 83.2 Å². The molecule has 4 rings (SSSR count). The van der Waals surface area contributed by atoms with Crippen LogP contribution in [0.4, 0.5) is 30.2 Å². The van der Waals surface area contributed by atoms with E-state index in [2.05, 4.69) is 30.8 Å². The lowest BCUT2D eigenvalue weighted by molar-refractivity contribution is -0.143. The molecule has 1 amide bonds. The first-order valence-electron chi connectivity index (χ1n) is 9.76. The number of ether oxygens (including phenoxy) is 1. The summed E-state index contributed by atoms with van der Waals surface area (Å²) in [6, 6.07) is 17.8. The Morgan fingerprint density at radius 2 is 1.62 bits per heavy atom. The van der Waals surface area contributed by atoms with Gasteiger partial charge in [0, 0.05) is 11.8 Å². The molecule has 0 bridgehead atoms. The number of methoxy groups -OCH3 is 1. The van der Waals surface area contributed by atoms with Crippen molar-refractivity contribution in [1.82, 2.24) is 20.0 Å². The number of rotatable bonds is 6. The fraction of sp³-hybridized carbons (Fsp3) is 0.0909. The molecule has 172 valence electrons. The van der Waals surface area contributed by atoms with Crippen LogP contribution in [0.25, 0.3) is 5.82 Å². The summed E-state index contributed by atoms with van der Waals surface area (Å²) in [5.41, 5.74) is -0.508. The maximum atomic E-state index is 13.8. The van der Waals surface area contributed by atoms with E-state index >= 15 is 0 Å². The lowest BCUT2D eigenvalue weighted by Gasteiger charge is -2.12. The molecule has 0 unspecified atom stereocenters. The lowest BCUT2D eigenvalue weighted by Crippen LogP contribution is -2.21. The van der Waals surface area contributed by atoms with Crippen LogP contribution in [-0.4, -0.2) is 33.0 Å². The predicted octanol–water partition coefficient (Wildman–Crippen LogP) is 5.36. The first-order chi connectivity index (χ1) is 16.3. The topological polar surface area (TPSA) is 107 Å². The highest BCUT2D eigenvalue weighted by Crippen LogP contribution is 2.34. The van der Waals surface area contributed by atoms with Crippen LogP contribution >= 0.6 is 0 Å². The van der Waals surface area contributed by atoms with E-state index in [0.717, 1.165) is 6.20 Å². The second-order valence-electron chi connectivity index (χ2n) is 6.79. The number of carbonyl (C=O) groups excluding carboxylic acids is 1. The Hall–Kier alpha value is -4.61. The van der Waals surface area contributed by atoms with Gasteiger partial charge >= 0.3 is 6.18 Å². The minimum atomic E-state index is -4.88. The Morgan fingerprint density at radius 1 is 0.941 bits per heavy atom. The number of azo groups is 1. The van der Waals surface area contributed by atoms with Gasteiger partial charge in [-0.2, -0.15) is 28.5 Å². The molecule has 4 aromatic rings. The van der Waals surface area contributed by atoms with Crippen LogP contribution in [0.2, 0.25) is 0 Å². The quantitative estimate of drug-likeness (QED) is 0.384. The van der Waals surface area contributed by atoms with Gasteiger partial charge in [0.1, 0.15) is 0 Å². The predicted molar refractivity (Wildman–Crippen MR) is 116 cm³/mol. The van der Waals surface area contributed by atoms with Gasteiger partial charge in [-0.3, -0.25) is 4.79 Å². The fourth-order valence-electron chi connectivity index (χ4n) is 2.92. The molecule has 0 saturated heterocycles. The number of nitrogens with one attached hydrogen (secondary N) is 1. The first kappa shape index (κ1) is 22.6. The van der Waals surface area contributed by atoms with Gasteiger partial charge < -0.3 is 10.1 Å². The largest absolute Gasteiger partial charge is 0.480 e. The molecule has 12 heteroatoms. The van der Waals surface area contributed by atoms with Crippen molar-refractivity contribution >= 4 is 23.0 Å². The maximum absolute atomic E-state index is 13.8. The summed E-state index contributed by atoms with van der Waals surface area (Å²) in [6.07, 6.45) is -4.06. The van der Waals surface area contributed by atoms with Crippen LogP contribution in [0.5, 0.6) is 5.88 Å². The van der Waals surface area contributed by atoms with Crippen molar-refractivity contribution in [3.63, 3.8) is 0 Å². The number of alkyl halides is 3. The van der Waals surface area contributed by atoms with Crippen LogP contribution in [-0.2, 0) is 6.18 Å². The molecule has 9 nitrogen and oxygen atoms in total. The van der Waals surface area contributed by atoms with Gasteiger partial charge in [0.25, 0.3) is 5.91 Å². The number of amides is 1. The summed E-state index contributed by atoms with van der Waals surface area (Å²) >= 11 is 0. The van der Waals surface area contributed by atoms with E-state index in [1.165, 1.54) is 31.4 Å². The molecule has 0 spiro atoms. The molecular weight excluding hydrogens is 451 g/mol. The highest BCUT2D eigenvalue weighted by molar-refractivity contribution is 6.05. The molecular formula is C22H16F3N7O2. The Morgan fingerprint density at radius 3 is 2.21 bits per heavy atom. The van der Waals surface area contributed by atoms with E-state index in [0.29, 0.717) is 16.1 Å². The normalized spacial score (nSPS) is 11.5. The second kappa shape index (κ2) is 9.48. The SMILES string of the molecule is COc1ccc(-n2ncc(C(=O)Nc3ccc(N=Nc4ccccc4)cc3)c2C(F)(F)F)nn1. The van der Waals surface area contributed by atoms with Crippen molar-refractivity contribution in [3.05, 3.63) is 84.2 Å². The van der Waals surface area contributed by atoms with Crippen molar-refractivity contribution in [3.8, 4) is 11.7 Å². The average Bonchev–Trinajstić information content (AvgIpc) is 3.31. The summed E-state index contributed by atoms with van der Waals surface area (Å²) in [7, 11) is 1.35. The molecule has 0 fully saturated rings. The summed E-state index contributed by atoms with van der Waals surface area (Å²) in [5, 5.41) is 21.6. The van der Waals surface area contributed by atoms with Crippen molar-refractivity contribution in [2.75, 3.05) is 12.4 Å². The van der Waals surface area contributed by atoms with Gasteiger partial charge in [0.2, 0.25) is 5.88 Å². The highest BCUT2D eigenvalue weighted by atomic mass is 19.4. The Bertz CT molecular complexity index is 1300. The lowest BCUT2D eigenvalue weighted by atomic mass is 10.2. The van der Waals surface area contributed by atoms with Crippen LogP contribution in [0.1, 0.15) is 16.1 Å². The summed E-state index contributed by atoms with van der Waals surface area (Å²) in [6.45, 7) is 0. The minimum absolute atomic E-state index is 0.120. The Kier molecular flexibility index (Phi) is 6.30. The fourth-order valence-corrected chi connectivity index (χ4v) is 2.92. The number of aromatic nitrogens is 4. The van der Waals surface area contributed by atoms with Gasteiger partial charge in [-0.15, -0.1) is 10.2 Å². The zero-order valence-electron chi connectivity index (χ0n) is 17.6. The molecule has 2 heterocycles. The zero-order chi connectivity index (χ0) is 24.1. The van der Waals surface area contributed by atoms with Gasteiger partial charge in [-0.05, 0) is 42.5 Å². The molecule has 0 atom stereocenters. The molecule has 0 radical (unpaired) electrons. The van der Waals surface area contributed by atoms with Crippen molar-refractivity contribution in [1.29, 1.82) is 0 Å². The van der Waals surface area contributed by atoms with E-state index < -0.39 is 23.3 Å². The van der Waals surface area contributed by atoms with E-state index in [1.54, 1.807) is 24.3 Å². The summed E-state index contributed by atoms with van der Waals surface area (Å²) < 4.78 is 46.8. The number of hydrogen-bond donors (Lipinski definition) is 1. The van der Waals surface area contributed by atoms with E-state index in [9.17, 15) is 18.0 Å². The summed E-state index contributed by atoms with van der Waals surface area (Å²) in [5.74, 6) is -1.09. The zero-order valence-corrected chi connectivity index (χ0v) is 17.6. The van der Waals surface area contributed by atoms with E-state index in [1.807, 2.05) is 18.2 Å². The average molecular weight is 467 g/mol. The maximum Gasteiger partial charge on any atom is 0.434 e. The van der Waals surface area contributed by atoms with Gasteiger partial charge in [-0.1, -0.05) is 18.2 Å². The number of anilines is 1. The minimum Gasteiger partial charge on any atom is -0.480 e. The number of hydrogen-bond acceptors (Lipinski definition) is 7. The molecule has 2 aromatic carbocycles. The summed E-state index contributed by atoms with van der Waals surface area (Å²) in [4.78, 5) is 12.7. The first-order valence-corrected chi connectivity index (χ1v) is 9.76. The third-order valence-corrected chi connectivity index (χ3v) is 4.50. The van der Waals surface area contributed by atoms with Crippen molar-refractivity contribution in [2.24, 2.45) is 10.2 Å². The van der Waals surface area contributed by atoms with Crippen molar-refractivity contribution < 1.29 is 22.7 Å². The molecule has 0 aliphatic rings. The Balaban J connectivity index is 1.54. The van der Waals surface area contributed by atoms with Gasteiger partial charge in [0.05, 0.1) is 30.2 Å². The smallest absolute Gasteiger partial charge is 0.434 e. The van der Waals surface area contributed by atoms with Crippen molar-refractivity contribution in [2.45, 2.75) is 6.18 Å². The monoisotopic (exact) mass is 467 g/mol. The molecule has 34 heavy (non-hydrogen) atoms. The van der Waals surface area contributed by atoms with Crippen LogP contribution in [0.3, 0.4) is 0 Å². The standard InChI is InChI=1S/C22H16F3N7O2/c1-34-19-12-11-18(30-31-19)32-20(22(23,24)25)17(13-26-32)21(33)27-14-7-9-16(10-8-14)29-28-15-5-3-2-4-6-15/h2-13H,1H3,(H,27,33). The van der Waals surface area contributed by atoms with Crippen LogP contribution in [0, 0.1) is 0 Å². The Labute approximate surface area is 190 Å². The van der Waals surface area contributed by atoms with Gasteiger partial charge in [0.15, 0.2) is 11.5 Å². The third-order valence-electron chi connectivity index (χ3n) is 4.50. The number of carbonyl (C=O) groups is 1. The number of nitrogens with zero attached hydrogens (tertiary/aromatic N) is 6. The number of halogens is 3. The van der Waals surface area contributed by atoms with Gasteiger partial charge in [-0.25, -0.2) is 4.68 Å². The highest BCUT2D eigenvalue weighted by Gasteiger charge is 2.41. The van der Waals surface area contributed by atoms with E-state index in [4.69, 9.17) is 4.74 Å². The molecule has 0 aliphatic carbocycles. The van der Waals surface area contributed by atoms with E-state index in [-0.39, 0.29) is 17.4 Å². The molecule has 2 aromatic heterocycles. The second-order valence-corrected chi connectivity index (χ2v) is 6.79. The van der Waals surface area contributed by atoms with Crippen LogP contribution < -0.4 is 10.1 Å².